The van der Waals surface area contributed by atoms with Crippen molar-refractivity contribution in [2.75, 3.05) is 20.3 Å². The molecule has 0 aliphatic heterocycles. The number of aromatic nitrogens is 2. The zero-order chi connectivity index (χ0) is 13.8. The van der Waals surface area contributed by atoms with Gasteiger partial charge in [-0.25, -0.2) is 0 Å². The van der Waals surface area contributed by atoms with E-state index < -0.39 is 0 Å². The first-order valence-electron chi connectivity index (χ1n) is 6.38. The number of furan rings is 1. The van der Waals surface area contributed by atoms with Crippen LogP contribution in [0.3, 0.4) is 0 Å². The predicted molar refractivity (Wildman–Crippen MR) is 78.7 cm³/mol. The van der Waals surface area contributed by atoms with E-state index in [0.717, 1.165) is 33.3 Å². The molecule has 0 amide bonds. The van der Waals surface area contributed by atoms with Gasteiger partial charge in [0.2, 0.25) is 0 Å². The summed E-state index contributed by atoms with van der Waals surface area (Å²) in [5.74, 6) is 0.770. The molecule has 0 saturated carbocycles. The number of rotatable bonds is 6. The Balaban J connectivity index is 1.72. The van der Waals surface area contributed by atoms with Crippen molar-refractivity contribution in [1.29, 1.82) is 0 Å². The largest absolute Gasteiger partial charge is 0.453 e. The molecule has 6 heteroatoms. The van der Waals surface area contributed by atoms with Crippen LogP contribution in [0.1, 0.15) is 5.01 Å². The van der Waals surface area contributed by atoms with E-state index in [1.165, 1.54) is 11.3 Å². The highest BCUT2D eigenvalue weighted by atomic mass is 32.1. The molecule has 3 aromatic rings. The molecule has 0 radical (unpaired) electrons. The number of nitrogens with zero attached hydrogens (tertiary/aromatic N) is 2. The number of fused-ring (bicyclic) bond motifs is 1. The van der Waals surface area contributed by atoms with Crippen molar-refractivity contribution >= 4 is 22.3 Å². The Morgan fingerprint density at radius 3 is 3.05 bits per heavy atom. The summed E-state index contributed by atoms with van der Waals surface area (Å²) in [5.41, 5.74) is 0.873. The van der Waals surface area contributed by atoms with Gasteiger partial charge in [-0.3, -0.25) is 0 Å². The molecule has 0 aliphatic carbocycles. The van der Waals surface area contributed by atoms with Gasteiger partial charge in [0.15, 0.2) is 10.8 Å². The quantitative estimate of drug-likeness (QED) is 0.707. The number of methoxy groups -OCH3 is 1. The van der Waals surface area contributed by atoms with Crippen molar-refractivity contribution < 1.29 is 9.15 Å². The van der Waals surface area contributed by atoms with E-state index in [1.807, 2.05) is 30.3 Å². The molecule has 104 valence electrons. The van der Waals surface area contributed by atoms with Gasteiger partial charge < -0.3 is 14.5 Å². The summed E-state index contributed by atoms with van der Waals surface area (Å²) in [7, 11) is 1.69. The Morgan fingerprint density at radius 1 is 1.30 bits per heavy atom. The molecule has 2 aromatic heterocycles. The lowest BCUT2D eigenvalue weighted by Crippen LogP contribution is -2.18. The van der Waals surface area contributed by atoms with Crippen LogP contribution in [0.2, 0.25) is 0 Å². The fourth-order valence-electron chi connectivity index (χ4n) is 1.88. The molecule has 0 unspecified atom stereocenters. The topological polar surface area (TPSA) is 60.2 Å². The van der Waals surface area contributed by atoms with Crippen molar-refractivity contribution in [3.8, 4) is 10.8 Å². The summed E-state index contributed by atoms with van der Waals surface area (Å²) >= 11 is 1.54. The minimum atomic E-state index is 0.690. The molecule has 0 saturated heterocycles. The maximum Gasteiger partial charge on any atom is 0.183 e. The lowest BCUT2D eigenvalue weighted by atomic mass is 10.2. The van der Waals surface area contributed by atoms with Crippen LogP contribution in [0, 0.1) is 0 Å². The van der Waals surface area contributed by atoms with Crippen molar-refractivity contribution in [2.24, 2.45) is 0 Å². The van der Waals surface area contributed by atoms with Gasteiger partial charge in [0.1, 0.15) is 10.6 Å². The SMILES string of the molecule is COCCNCc1nnc(-c2cc3ccccc3o2)s1. The highest BCUT2D eigenvalue weighted by Gasteiger charge is 2.11. The molecule has 0 bridgehead atoms. The van der Waals surface area contributed by atoms with E-state index in [-0.39, 0.29) is 0 Å². The summed E-state index contributed by atoms with van der Waals surface area (Å²) in [6.45, 7) is 2.19. The fourth-order valence-corrected chi connectivity index (χ4v) is 2.64. The molecule has 1 aromatic carbocycles. The first kappa shape index (κ1) is 13.2. The van der Waals surface area contributed by atoms with Crippen molar-refractivity contribution in [1.82, 2.24) is 15.5 Å². The van der Waals surface area contributed by atoms with Crippen LogP contribution >= 0.6 is 11.3 Å². The molecule has 0 spiro atoms. The second kappa shape index (κ2) is 6.13. The van der Waals surface area contributed by atoms with E-state index in [1.54, 1.807) is 7.11 Å². The number of para-hydroxylation sites is 1. The molecule has 20 heavy (non-hydrogen) atoms. The molecule has 0 atom stereocenters. The van der Waals surface area contributed by atoms with Crippen molar-refractivity contribution in [3.05, 3.63) is 35.3 Å². The smallest absolute Gasteiger partial charge is 0.183 e. The normalized spacial score (nSPS) is 11.2. The lowest BCUT2D eigenvalue weighted by molar-refractivity contribution is 0.199. The number of hydrogen-bond acceptors (Lipinski definition) is 6. The third-order valence-electron chi connectivity index (χ3n) is 2.86. The average molecular weight is 289 g/mol. The molecule has 3 rings (SSSR count). The van der Waals surface area contributed by atoms with Crippen LogP contribution in [0.4, 0.5) is 0 Å². The first-order valence-corrected chi connectivity index (χ1v) is 7.19. The van der Waals surface area contributed by atoms with Gasteiger partial charge in [0.25, 0.3) is 0 Å². The standard InChI is InChI=1S/C14H15N3O2S/c1-18-7-6-15-9-13-16-17-14(20-13)12-8-10-4-2-3-5-11(10)19-12/h2-5,8,15H,6-7,9H2,1H3. The zero-order valence-electron chi connectivity index (χ0n) is 11.1. The summed E-state index contributed by atoms with van der Waals surface area (Å²) < 4.78 is 10.8. The van der Waals surface area contributed by atoms with Crippen molar-refractivity contribution in [3.63, 3.8) is 0 Å². The predicted octanol–water partition coefficient (Wildman–Crippen LogP) is 2.69. The third-order valence-corrected chi connectivity index (χ3v) is 3.80. The second-order valence-electron chi connectivity index (χ2n) is 4.32. The minimum Gasteiger partial charge on any atom is -0.453 e. The van der Waals surface area contributed by atoms with Gasteiger partial charge >= 0.3 is 0 Å². The highest BCUT2D eigenvalue weighted by Crippen LogP contribution is 2.29. The van der Waals surface area contributed by atoms with Gasteiger partial charge in [-0.05, 0) is 12.1 Å². The minimum absolute atomic E-state index is 0.690. The molecule has 5 nitrogen and oxygen atoms in total. The maximum atomic E-state index is 5.78. The molecular weight excluding hydrogens is 274 g/mol. The Morgan fingerprint density at radius 2 is 2.20 bits per heavy atom. The summed E-state index contributed by atoms with van der Waals surface area (Å²) in [6, 6.07) is 9.93. The molecule has 0 fully saturated rings. The van der Waals surface area contributed by atoms with Crippen LogP contribution in [0.15, 0.2) is 34.7 Å². The van der Waals surface area contributed by atoms with Gasteiger partial charge in [-0.1, -0.05) is 29.5 Å². The Kier molecular flexibility index (Phi) is 4.05. The summed E-state index contributed by atoms with van der Waals surface area (Å²) in [4.78, 5) is 0. The van der Waals surface area contributed by atoms with Crippen LogP contribution in [-0.4, -0.2) is 30.5 Å². The Hall–Kier alpha value is -1.76. The zero-order valence-corrected chi connectivity index (χ0v) is 11.9. The fraction of sp³-hybridized carbons (Fsp3) is 0.286. The Labute approximate surface area is 120 Å². The molecule has 2 heterocycles. The maximum absolute atomic E-state index is 5.78. The van der Waals surface area contributed by atoms with E-state index >= 15 is 0 Å². The van der Waals surface area contributed by atoms with Gasteiger partial charge in [0.05, 0.1) is 6.61 Å². The van der Waals surface area contributed by atoms with Crippen LogP contribution in [0.5, 0.6) is 0 Å². The van der Waals surface area contributed by atoms with Crippen LogP contribution in [0.25, 0.3) is 21.7 Å². The molecule has 0 aliphatic rings. The molecular formula is C14H15N3O2S. The van der Waals surface area contributed by atoms with Gasteiger partial charge in [-0.2, -0.15) is 0 Å². The second-order valence-corrected chi connectivity index (χ2v) is 5.38. The number of nitrogens with one attached hydrogen (secondary N) is 1. The van der Waals surface area contributed by atoms with E-state index in [0.29, 0.717) is 13.2 Å². The monoisotopic (exact) mass is 289 g/mol. The summed E-state index contributed by atoms with van der Waals surface area (Å²) in [5, 5.41) is 14.4. The Bertz CT molecular complexity index is 659. The third kappa shape index (κ3) is 2.87. The van der Waals surface area contributed by atoms with E-state index in [2.05, 4.69) is 15.5 Å². The van der Waals surface area contributed by atoms with Crippen LogP contribution in [-0.2, 0) is 11.3 Å². The van der Waals surface area contributed by atoms with Gasteiger partial charge in [0, 0.05) is 25.6 Å². The number of ether oxygens (including phenoxy) is 1. The summed E-state index contributed by atoms with van der Waals surface area (Å²) in [6.07, 6.45) is 0. The van der Waals surface area contributed by atoms with Gasteiger partial charge in [-0.15, -0.1) is 10.2 Å². The van der Waals surface area contributed by atoms with E-state index in [9.17, 15) is 0 Å². The lowest BCUT2D eigenvalue weighted by Gasteiger charge is -1.99. The highest BCUT2D eigenvalue weighted by molar-refractivity contribution is 7.14. The average Bonchev–Trinajstić information content (AvgIpc) is 3.09. The number of benzene rings is 1. The first-order chi connectivity index (χ1) is 9.86. The van der Waals surface area contributed by atoms with Crippen molar-refractivity contribution in [2.45, 2.75) is 6.54 Å². The molecule has 1 N–H and O–H groups in total. The van der Waals surface area contributed by atoms with Crippen LogP contribution < -0.4 is 5.32 Å². The van der Waals surface area contributed by atoms with E-state index in [4.69, 9.17) is 9.15 Å². The number of hydrogen-bond donors (Lipinski definition) is 1.